The first kappa shape index (κ1) is 16.7. The lowest BCUT2D eigenvalue weighted by atomic mass is 9.90. The first-order chi connectivity index (χ1) is 11.2. The predicted molar refractivity (Wildman–Crippen MR) is 89.5 cm³/mol. The first-order valence-corrected chi connectivity index (χ1v) is 8.76. The molecule has 2 fully saturated rings. The van der Waals surface area contributed by atoms with Crippen LogP contribution in [0.4, 0.5) is 0 Å². The largest absolute Gasteiger partial charge is 0.376 e. The van der Waals surface area contributed by atoms with Crippen molar-refractivity contribution < 1.29 is 14.3 Å². The Labute approximate surface area is 142 Å². The van der Waals surface area contributed by atoms with Gasteiger partial charge in [-0.2, -0.15) is 0 Å². The van der Waals surface area contributed by atoms with Gasteiger partial charge in [0.1, 0.15) is 0 Å². The summed E-state index contributed by atoms with van der Waals surface area (Å²) in [5.74, 6) is 0.506. The van der Waals surface area contributed by atoms with Crippen molar-refractivity contribution >= 4 is 17.5 Å². The van der Waals surface area contributed by atoms with Crippen molar-refractivity contribution in [1.29, 1.82) is 0 Å². The molecule has 0 radical (unpaired) electrons. The molecule has 1 aliphatic heterocycles. The monoisotopic (exact) mass is 337 g/mol. The Morgan fingerprint density at radius 3 is 2.52 bits per heavy atom. The van der Waals surface area contributed by atoms with Crippen LogP contribution in [0.15, 0.2) is 24.3 Å². The molecule has 1 amide bonds. The summed E-state index contributed by atoms with van der Waals surface area (Å²) >= 11 is 6.02. The summed E-state index contributed by atoms with van der Waals surface area (Å²) < 4.78 is 11.0. The molecule has 0 spiro atoms. The van der Waals surface area contributed by atoms with Crippen LogP contribution in [0.2, 0.25) is 5.02 Å². The number of likely N-dealkylation sites (N-methyl/N-ethyl adjacent to an activating group) is 1. The fourth-order valence-corrected chi connectivity index (χ4v) is 3.87. The van der Waals surface area contributed by atoms with Crippen LogP contribution in [-0.2, 0) is 14.3 Å². The Morgan fingerprint density at radius 2 is 1.91 bits per heavy atom. The maximum Gasteiger partial charge on any atom is 0.254 e. The molecule has 2 unspecified atom stereocenters. The fraction of sp³-hybridized carbons (Fsp3) is 0.611. The molecule has 0 bridgehead atoms. The molecule has 1 saturated carbocycles. The van der Waals surface area contributed by atoms with Gasteiger partial charge in [-0.1, -0.05) is 36.6 Å². The standard InChI is InChI=1S/C18H24ClNO3/c1-20(18(21)16-12-22-10-11-23-16)17(13-4-2-3-5-13)14-6-8-15(19)9-7-14/h6-9,13,16-17H,2-5,10-12H2,1H3. The second-order valence-corrected chi connectivity index (χ2v) is 6.86. The average Bonchev–Trinajstić information content (AvgIpc) is 3.11. The molecule has 4 nitrogen and oxygen atoms in total. The number of nitrogens with zero attached hydrogens (tertiary/aromatic N) is 1. The highest BCUT2D eigenvalue weighted by atomic mass is 35.5. The Balaban J connectivity index is 1.81. The van der Waals surface area contributed by atoms with Gasteiger partial charge in [-0.15, -0.1) is 0 Å². The summed E-state index contributed by atoms with van der Waals surface area (Å²) in [5, 5.41) is 0.719. The topological polar surface area (TPSA) is 38.8 Å². The molecular formula is C18H24ClNO3. The molecule has 2 aliphatic rings. The fourth-order valence-electron chi connectivity index (χ4n) is 3.74. The van der Waals surface area contributed by atoms with Gasteiger partial charge in [-0.3, -0.25) is 4.79 Å². The Kier molecular flexibility index (Phi) is 5.57. The van der Waals surface area contributed by atoms with Crippen molar-refractivity contribution in [1.82, 2.24) is 4.90 Å². The molecule has 1 aromatic carbocycles. The number of carbonyl (C=O) groups is 1. The summed E-state index contributed by atoms with van der Waals surface area (Å²) in [4.78, 5) is 14.7. The molecule has 1 aromatic rings. The number of hydrogen-bond donors (Lipinski definition) is 0. The lowest BCUT2D eigenvalue weighted by molar-refractivity contribution is -0.159. The lowest BCUT2D eigenvalue weighted by Gasteiger charge is -2.36. The smallest absolute Gasteiger partial charge is 0.254 e. The zero-order valence-corrected chi connectivity index (χ0v) is 14.3. The van der Waals surface area contributed by atoms with E-state index in [2.05, 4.69) is 0 Å². The van der Waals surface area contributed by atoms with E-state index in [1.165, 1.54) is 12.8 Å². The van der Waals surface area contributed by atoms with Gasteiger partial charge in [0.05, 0.1) is 25.9 Å². The van der Waals surface area contributed by atoms with E-state index in [9.17, 15) is 4.79 Å². The number of halogens is 1. The van der Waals surface area contributed by atoms with E-state index in [0.29, 0.717) is 25.7 Å². The average molecular weight is 338 g/mol. The van der Waals surface area contributed by atoms with Crippen LogP contribution < -0.4 is 0 Å². The van der Waals surface area contributed by atoms with Crippen LogP contribution in [0.1, 0.15) is 37.3 Å². The number of carbonyl (C=O) groups excluding carboxylic acids is 1. The van der Waals surface area contributed by atoms with E-state index in [1.54, 1.807) is 0 Å². The van der Waals surface area contributed by atoms with Gasteiger partial charge in [-0.05, 0) is 36.5 Å². The number of ether oxygens (including phenoxy) is 2. The van der Waals surface area contributed by atoms with Crippen LogP contribution >= 0.6 is 11.6 Å². The predicted octanol–water partition coefficient (Wildman–Crippen LogP) is 3.45. The Bertz CT molecular complexity index is 522. The zero-order chi connectivity index (χ0) is 16.2. The van der Waals surface area contributed by atoms with E-state index in [4.69, 9.17) is 21.1 Å². The van der Waals surface area contributed by atoms with Gasteiger partial charge in [0.15, 0.2) is 6.10 Å². The van der Waals surface area contributed by atoms with E-state index >= 15 is 0 Å². The third-order valence-corrected chi connectivity index (χ3v) is 5.17. The second-order valence-electron chi connectivity index (χ2n) is 6.42. The van der Waals surface area contributed by atoms with Gasteiger partial charge in [0, 0.05) is 12.1 Å². The van der Waals surface area contributed by atoms with Crippen molar-refractivity contribution in [3.05, 3.63) is 34.9 Å². The molecule has 3 rings (SSSR count). The van der Waals surface area contributed by atoms with E-state index in [-0.39, 0.29) is 11.9 Å². The number of hydrogen-bond acceptors (Lipinski definition) is 3. The molecule has 1 heterocycles. The van der Waals surface area contributed by atoms with Crippen LogP contribution in [0, 0.1) is 5.92 Å². The van der Waals surface area contributed by atoms with Crippen LogP contribution in [-0.4, -0.2) is 43.8 Å². The minimum atomic E-state index is -0.482. The summed E-state index contributed by atoms with van der Waals surface area (Å²) in [6.45, 7) is 1.40. The van der Waals surface area contributed by atoms with Gasteiger partial charge >= 0.3 is 0 Å². The van der Waals surface area contributed by atoms with Gasteiger partial charge in [0.25, 0.3) is 5.91 Å². The molecule has 23 heavy (non-hydrogen) atoms. The van der Waals surface area contributed by atoms with Crippen LogP contribution in [0.5, 0.6) is 0 Å². The van der Waals surface area contributed by atoms with Gasteiger partial charge < -0.3 is 14.4 Å². The highest BCUT2D eigenvalue weighted by Gasteiger charge is 2.35. The Hall–Kier alpha value is -1.10. The zero-order valence-electron chi connectivity index (χ0n) is 13.5. The number of rotatable bonds is 4. The maximum atomic E-state index is 12.8. The highest BCUT2D eigenvalue weighted by Crippen LogP contribution is 2.39. The van der Waals surface area contributed by atoms with E-state index < -0.39 is 6.10 Å². The third-order valence-electron chi connectivity index (χ3n) is 4.91. The lowest BCUT2D eigenvalue weighted by Crippen LogP contribution is -2.46. The molecule has 2 atom stereocenters. The van der Waals surface area contributed by atoms with Crippen LogP contribution in [0.3, 0.4) is 0 Å². The SMILES string of the molecule is CN(C(=O)C1COCCO1)C(c1ccc(Cl)cc1)C1CCCC1. The first-order valence-electron chi connectivity index (χ1n) is 8.38. The normalized spacial score (nSPS) is 23.7. The van der Waals surface area contributed by atoms with Crippen molar-refractivity contribution in [2.45, 2.75) is 37.8 Å². The van der Waals surface area contributed by atoms with E-state index in [0.717, 1.165) is 23.4 Å². The summed E-state index contributed by atoms with van der Waals surface area (Å²) in [5.41, 5.74) is 1.15. The summed E-state index contributed by atoms with van der Waals surface area (Å²) in [6.07, 6.45) is 4.31. The van der Waals surface area contributed by atoms with E-state index in [1.807, 2.05) is 36.2 Å². The molecule has 1 aliphatic carbocycles. The summed E-state index contributed by atoms with van der Waals surface area (Å²) in [6, 6.07) is 7.95. The molecule has 1 saturated heterocycles. The number of benzene rings is 1. The van der Waals surface area contributed by atoms with Gasteiger partial charge in [-0.25, -0.2) is 0 Å². The second kappa shape index (κ2) is 7.65. The molecular weight excluding hydrogens is 314 g/mol. The van der Waals surface area contributed by atoms with Crippen molar-refractivity contribution in [2.24, 2.45) is 5.92 Å². The third kappa shape index (κ3) is 3.87. The summed E-state index contributed by atoms with van der Waals surface area (Å²) in [7, 11) is 1.89. The quantitative estimate of drug-likeness (QED) is 0.844. The minimum absolute atomic E-state index is 0.0107. The highest BCUT2D eigenvalue weighted by molar-refractivity contribution is 6.30. The number of amides is 1. The Morgan fingerprint density at radius 1 is 1.22 bits per heavy atom. The molecule has 5 heteroatoms. The van der Waals surface area contributed by atoms with Crippen molar-refractivity contribution in [3.8, 4) is 0 Å². The van der Waals surface area contributed by atoms with Crippen LogP contribution in [0.25, 0.3) is 0 Å². The van der Waals surface area contributed by atoms with Crippen molar-refractivity contribution in [3.63, 3.8) is 0 Å². The van der Waals surface area contributed by atoms with Gasteiger partial charge in [0.2, 0.25) is 0 Å². The molecule has 126 valence electrons. The maximum absolute atomic E-state index is 12.8. The van der Waals surface area contributed by atoms with Crippen molar-refractivity contribution in [2.75, 3.05) is 26.9 Å². The minimum Gasteiger partial charge on any atom is -0.376 e. The molecule has 0 aromatic heterocycles. The molecule has 0 N–H and O–H groups in total.